The van der Waals surface area contributed by atoms with E-state index < -0.39 is 33.7 Å². The van der Waals surface area contributed by atoms with Gasteiger partial charge in [0.05, 0.1) is 24.2 Å². The Morgan fingerprint density at radius 3 is 2.07 bits per heavy atom. The highest BCUT2D eigenvalue weighted by atomic mass is 32.2. The summed E-state index contributed by atoms with van der Waals surface area (Å²) in [6.45, 7) is 14.5. The molecule has 2 N–H and O–H groups in total. The normalized spacial score (nSPS) is 13.6. The molecule has 0 saturated heterocycles. The summed E-state index contributed by atoms with van der Waals surface area (Å²) >= 11 is 0. The Balaban J connectivity index is 2.30. The molecule has 250 valence electrons. The molecule has 2 atom stereocenters. The van der Waals surface area contributed by atoms with Crippen molar-refractivity contribution in [2.45, 2.75) is 67.4 Å². The molecule has 45 heavy (non-hydrogen) atoms. The minimum absolute atomic E-state index is 0.0225. The molecule has 0 aromatic heterocycles. The zero-order valence-corrected chi connectivity index (χ0v) is 28.8. The summed E-state index contributed by atoms with van der Waals surface area (Å²) in [5.74, 6) is -2.55. The smallest absolute Gasteiger partial charge is 0.247 e. The Morgan fingerprint density at radius 2 is 1.49 bits per heavy atom. The molecule has 2 aromatic carbocycles. The predicted molar refractivity (Wildman–Crippen MR) is 182 cm³/mol. The van der Waals surface area contributed by atoms with Crippen LogP contribution in [0.4, 0.5) is 0 Å². The number of allylic oxidation sites excluding steroid dienone is 1. The van der Waals surface area contributed by atoms with Gasteiger partial charge in [0.25, 0.3) is 0 Å². The fraction of sp³-hybridized carbons (Fsp3) is 0.543. The Kier molecular flexibility index (Phi) is 17.1. The summed E-state index contributed by atoms with van der Waals surface area (Å²) in [4.78, 5) is 35.4. The third-order valence-corrected chi connectivity index (χ3v) is 9.23. The maximum Gasteiger partial charge on any atom is 0.247 e. The quantitative estimate of drug-likeness (QED) is 0.170. The van der Waals surface area contributed by atoms with E-state index in [0.29, 0.717) is 19.4 Å². The van der Waals surface area contributed by atoms with Crippen molar-refractivity contribution in [3.05, 3.63) is 77.9 Å². The number of hydrogen-bond donors (Lipinski definition) is 2. The van der Waals surface area contributed by atoms with E-state index in [1.165, 1.54) is 0 Å². The Morgan fingerprint density at radius 1 is 0.867 bits per heavy atom. The number of rotatable bonds is 21. The van der Waals surface area contributed by atoms with Crippen LogP contribution in [0.1, 0.15) is 71.9 Å². The van der Waals surface area contributed by atoms with Gasteiger partial charge >= 0.3 is 0 Å². The van der Waals surface area contributed by atoms with Crippen molar-refractivity contribution in [2.75, 3.05) is 31.9 Å². The Bertz CT molecular complexity index is 1270. The van der Waals surface area contributed by atoms with Gasteiger partial charge in [0.15, 0.2) is 0 Å². The number of amides is 2. The topological polar surface area (TPSA) is 108 Å². The summed E-state index contributed by atoms with van der Waals surface area (Å²) in [6, 6.07) is 19.2. The lowest BCUT2D eigenvalue weighted by Crippen LogP contribution is -2.52. The van der Waals surface area contributed by atoms with Crippen LogP contribution in [-0.4, -0.2) is 61.5 Å². The molecular formula is C35H54N4O5S. The van der Waals surface area contributed by atoms with Crippen LogP contribution in [0.15, 0.2) is 66.7 Å². The zero-order valence-electron chi connectivity index (χ0n) is 27.9. The van der Waals surface area contributed by atoms with Gasteiger partial charge in [-0.15, -0.1) is 4.41 Å². The SMILES string of the molecule is CCN(CC)CCCS(=O)(=O)N(CC(C)C)NC(=O)[C@H](CC(C)C)[C@H](CC=Cc1ccccc1)C(=O)NOCc1ccccc1. The lowest BCUT2D eigenvalue weighted by atomic mass is 9.82. The average molecular weight is 643 g/mol. The zero-order chi connectivity index (χ0) is 33.2. The molecule has 9 nitrogen and oxygen atoms in total. The van der Waals surface area contributed by atoms with E-state index in [2.05, 4.69) is 15.8 Å². The summed E-state index contributed by atoms with van der Waals surface area (Å²) < 4.78 is 28.1. The minimum Gasteiger partial charge on any atom is -0.304 e. The largest absolute Gasteiger partial charge is 0.304 e. The molecule has 0 saturated carbocycles. The van der Waals surface area contributed by atoms with Gasteiger partial charge in [-0.1, -0.05) is 114 Å². The lowest BCUT2D eigenvalue weighted by Gasteiger charge is -2.30. The maximum atomic E-state index is 14.0. The summed E-state index contributed by atoms with van der Waals surface area (Å²) in [7, 11) is -3.79. The maximum absolute atomic E-state index is 14.0. The first-order valence-electron chi connectivity index (χ1n) is 16.2. The third kappa shape index (κ3) is 14.3. The molecule has 2 rings (SSSR count). The second-order valence-electron chi connectivity index (χ2n) is 12.2. The highest BCUT2D eigenvalue weighted by Crippen LogP contribution is 2.26. The Hall–Kier alpha value is -3.05. The van der Waals surface area contributed by atoms with Gasteiger partial charge < -0.3 is 4.90 Å². The van der Waals surface area contributed by atoms with E-state index in [1.807, 2.05) is 114 Å². The van der Waals surface area contributed by atoms with E-state index in [1.54, 1.807) is 0 Å². The van der Waals surface area contributed by atoms with Crippen LogP contribution in [0, 0.1) is 23.7 Å². The molecule has 2 amide bonds. The fourth-order valence-corrected chi connectivity index (χ4v) is 6.53. The molecule has 0 aliphatic heterocycles. The van der Waals surface area contributed by atoms with E-state index in [0.717, 1.165) is 28.6 Å². The van der Waals surface area contributed by atoms with Crippen LogP contribution in [0.5, 0.6) is 0 Å². The number of nitrogens with zero attached hydrogens (tertiary/aromatic N) is 2. The minimum atomic E-state index is -3.79. The van der Waals surface area contributed by atoms with Gasteiger partial charge in [0, 0.05) is 6.54 Å². The van der Waals surface area contributed by atoms with Gasteiger partial charge in [-0.05, 0) is 61.9 Å². The second kappa shape index (κ2) is 20.2. The number of carbonyl (C=O) groups is 2. The first-order valence-corrected chi connectivity index (χ1v) is 17.8. The Labute approximate surface area is 271 Å². The number of nitrogens with one attached hydrogen (secondary N) is 2. The van der Waals surface area contributed by atoms with Crippen molar-refractivity contribution in [3.63, 3.8) is 0 Å². The van der Waals surface area contributed by atoms with Gasteiger partial charge in [-0.25, -0.2) is 13.9 Å². The number of hydrazine groups is 1. The number of benzene rings is 2. The van der Waals surface area contributed by atoms with Crippen LogP contribution >= 0.6 is 0 Å². The molecule has 2 aromatic rings. The highest BCUT2D eigenvalue weighted by Gasteiger charge is 2.36. The van der Waals surface area contributed by atoms with Crippen LogP contribution in [0.25, 0.3) is 6.08 Å². The monoisotopic (exact) mass is 642 g/mol. The first-order chi connectivity index (χ1) is 21.5. The highest BCUT2D eigenvalue weighted by molar-refractivity contribution is 7.89. The van der Waals surface area contributed by atoms with Crippen molar-refractivity contribution >= 4 is 27.9 Å². The third-order valence-electron chi connectivity index (χ3n) is 7.51. The van der Waals surface area contributed by atoms with Crippen LogP contribution in [0.2, 0.25) is 0 Å². The second-order valence-corrected chi connectivity index (χ2v) is 14.2. The van der Waals surface area contributed by atoms with Gasteiger partial charge in [-0.3, -0.25) is 19.9 Å². The predicted octanol–water partition coefficient (Wildman–Crippen LogP) is 5.67. The number of sulfonamides is 1. The van der Waals surface area contributed by atoms with Crippen molar-refractivity contribution in [2.24, 2.45) is 23.7 Å². The molecule has 10 heteroatoms. The van der Waals surface area contributed by atoms with Crippen LogP contribution < -0.4 is 10.9 Å². The van der Waals surface area contributed by atoms with Crippen LogP contribution in [-0.2, 0) is 31.1 Å². The molecule has 0 spiro atoms. The van der Waals surface area contributed by atoms with Crippen LogP contribution in [0.3, 0.4) is 0 Å². The van der Waals surface area contributed by atoms with Crippen molar-refractivity contribution in [1.29, 1.82) is 0 Å². The lowest BCUT2D eigenvalue weighted by molar-refractivity contribution is -0.145. The molecule has 0 aliphatic rings. The molecule has 0 unspecified atom stereocenters. The summed E-state index contributed by atoms with van der Waals surface area (Å²) in [5, 5.41) is 0. The summed E-state index contributed by atoms with van der Waals surface area (Å²) in [5.41, 5.74) is 7.16. The van der Waals surface area contributed by atoms with Crippen molar-refractivity contribution in [3.8, 4) is 0 Å². The fourth-order valence-electron chi connectivity index (χ4n) is 5.06. The molecular weight excluding hydrogens is 588 g/mol. The first kappa shape index (κ1) is 38.1. The molecule has 0 bridgehead atoms. The summed E-state index contributed by atoms with van der Waals surface area (Å²) in [6.07, 6.45) is 4.91. The van der Waals surface area contributed by atoms with E-state index >= 15 is 0 Å². The number of hydroxylamine groups is 1. The van der Waals surface area contributed by atoms with E-state index in [4.69, 9.17) is 4.84 Å². The molecule has 0 radical (unpaired) electrons. The standard InChI is InChI=1S/C35H54N4O5S/c1-7-38(8-2)23-16-24-45(42,43)39(26-29(5)6)36-34(40)33(25-28(3)4)32(22-15-21-30-17-11-9-12-18-30)35(41)37-44-27-31-19-13-10-14-20-31/h9-15,17-21,28-29,32-33H,7-8,16,22-27H2,1-6H3,(H,36,40)(H,37,41)/t32-,33+/m0/s1. The molecule has 0 aliphatic carbocycles. The molecule has 0 fully saturated rings. The van der Waals surface area contributed by atoms with Crippen molar-refractivity contribution < 1.29 is 22.8 Å². The molecule has 0 heterocycles. The average Bonchev–Trinajstić information content (AvgIpc) is 3.00. The van der Waals surface area contributed by atoms with E-state index in [9.17, 15) is 18.0 Å². The van der Waals surface area contributed by atoms with E-state index in [-0.39, 0.29) is 37.2 Å². The number of carbonyl (C=O) groups excluding carboxylic acids is 2. The van der Waals surface area contributed by atoms with Gasteiger partial charge in [0.2, 0.25) is 21.8 Å². The van der Waals surface area contributed by atoms with Gasteiger partial charge in [-0.2, -0.15) is 0 Å². The van der Waals surface area contributed by atoms with Crippen molar-refractivity contribution in [1.82, 2.24) is 20.2 Å². The number of hydrogen-bond acceptors (Lipinski definition) is 6. The van der Waals surface area contributed by atoms with Gasteiger partial charge in [0.1, 0.15) is 0 Å².